The summed E-state index contributed by atoms with van der Waals surface area (Å²) in [5.41, 5.74) is -3.87. The molecule has 2 aromatic rings. The predicted molar refractivity (Wildman–Crippen MR) is 128 cm³/mol. The van der Waals surface area contributed by atoms with Gasteiger partial charge in [0, 0.05) is 6.42 Å². The lowest BCUT2D eigenvalue weighted by atomic mass is 9.72. The molecule has 0 bridgehead atoms. The molecule has 38 heavy (non-hydrogen) atoms. The molecule has 4 atom stereocenters. The molecule has 6 nitrogen and oxygen atoms in total. The van der Waals surface area contributed by atoms with Gasteiger partial charge in [-0.1, -0.05) is 18.2 Å². The summed E-state index contributed by atoms with van der Waals surface area (Å²) >= 11 is 0. The molecule has 1 saturated carbocycles. The lowest BCUT2D eigenvalue weighted by molar-refractivity contribution is -0.228. The molecule has 2 N–H and O–H groups in total. The van der Waals surface area contributed by atoms with Crippen molar-refractivity contribution < 1.29 is 43.6 Å². The second-order valence-electron chi connectivity index (χ2n) is 10.2. The van der Waals surface area contributed by atoms with Crippen LogP contribution in [0.15, 0.2) is 47.4 Å². The van der Waals surface area contributed by atoms with E-state index in [1.165, 1.54) is 6.07 Å². The van der Waals surface area contributed by atoms with Crippen LogP contribution in [0.1, 0.15) is 49.3 Å². The van der Waals surface area contributed by atoms with E-state index in [4.69, 9.17) is 5.14 Å². The van der Waals surface area contributed by atoms with Crippen LogP contribution in [0.25, 0.3) is 0 Å². The van der Waals surface area contributed by atoms with Gasteiger partial charge in [0.25, 0.3) is 0 Å². The van der Waals surface area contributed by atoms with E-state index in [0.717, 1.165) is 36.4 Å². The molecule has 0 spiro atoms. The number of Topliss-reactive ketones (excluding diaryl/α,β-unsaturated/α-hetero) is 1. The number of rotatable bonds is 7. The number of benzene rings is 2. The Labute approximate surface area is 217 Å². The molecule has 0 amide bonds. The molecule has 1 unspecified atom stereocenters. The van der Waals surface area contributed by atoms with E-state index in [0.29, 0.717) is 6.92 Å². The first-order valence-electron chi connectivity index (χ1n) is 11.8. The Bertz CT molecular complexity index is 1470. The Morgan fingerprint density at radius 3 is 2.24 bits per heavy atom. The summed E-state index contributed by atoms with van der Waals surface area (Å²) in [6.45, 7) is 0.397. The zero-order valence-corrected chi connectivity index (χ0v) is 21.9. The minimum Gasteiger partial charge on any atom is -0.299 e. The molecule has 0 aromatic heterocycles. The fraction of sp³-hybridized carbons (Fsp3) is 0.480. The zero-order chi connectivity index (χ0) is 28.3. The molecule has 1 fully saturated rings. The van der Waals surface area contributed by atoms with E-state index in [1.807, 2.05) is 0 Å². The van der Waals surface area contributed by atoms with Crippen molar-refractivity contribution in [3.05, 3.63) is 65.0 Å². The highest BCUT2D eigenvalue weighted by atomic mass is 32.2. The third-order valence-corrected chi connectivity index (χ3v) is 11.2. The standard InChI is InChI=1S/C25H26F5NO5S2/c1-23(27,25(28,29)30)17-3-9-22-15(12-17)2-8-21-16(13-19(32)14-37(31,33)34)10-11-24(21,22)38(35,36)20-6-4-18(26)5-7-20/h3-7,9,12,16,21H,2,8,10-11,13-14H2,1H3,(H2,31,33,34)/t16-,21-,23?,24-/m0/s1. The molecular weight excluding hydrogens is 553 g/mol. The van der Waals surface area contributed by atoms with Crippen LogP contribution < -0.4 is 5.14 Å². The van der Waals surface area contributed by atoms with Gasteiger partial charge in [0.1, 0.15) is 22.1 Å². The SMILES string of the molecule is CC(F)(c1ccc2c(c1)CC[C@H]1[C@H](CC(=O)CS(N)(=O)=O)CC[C@@]21S(=O)(=O)c1ccc(F)cc1)C(F)(F)F. The van der Waals surface area contributed by atoms with Crippen LogP contribution in [0.5, 0.6) is 0 Å². The molecule has 13 heteroatoms. The summed E-state index contributed by atoms with van der Waals surface area (Å²) in [6.07, 6.45) is -4.96. The maximum Gasteiger partial charge on any atom is 0.426 e. The summed E-state index contributed by atoms with van der Waals surface area (Å²) in [4.78, 5) is 12.2. The lowest BCUT2D eigenvalue weighted by Gasteiger charge is -2.42. The Balaban J connectivity index is 1.86. The highest BCUT2D eigenvalue weighted by Gasteiger charge is 2.61. The first kappa shape index (κ1) is 28.6. The molecule has 0 aliphatic heterocycles. The fourth-order valence-corrected chi connectivity index (χ4v) is 9.14. The maximum absolute atomic E-state index is 14.8. The van der Waals surface area contributed by atoms with Crippen LogP contribution in [0.2, 0.25) is 0 Å². The highest BCUT2D eigenvalue weighted by molar-refractivity contribution is 7.92. The molecule has 0 heterocycles. The van der Waals surface area contributed by atoms with Crippen molar-refractivity contribution >= 4 is 25.6 Å². The van der Waals surface area contributed by atoms with E-state index < -0.39 is 71.2 Å². The van der Waals surface area contributed by atoms with Crippen molar-refractivity contribution in [2.45, 2.75) is 60.5 Å². The van der Waals surface area contributed by atoms with E-state index in [2.05, 4.69) is 0 Å². The molecular formula is C25H26F5NO5S2. The summed E-state index contributed by atoms with van der Waals surface area (Å²) in [5, 5.41) is 4.98. The number of ketones is 1. The number of halogens is 5. The average molecular weight is 580 g/mol. The first-order valence-corrected chi connectivity index (χ1v) is 15.0. The second kappa shape index (κ2) is 9.37. The van der Waals surface area contributed by atoms with Crippen molar-refractivity contribution in [2.24, 2.45) is 17.0 Å². The first-order chi connectivity index (χ1) is 17.4. The maximum atomic E-state index is 14.8. The highest BCUT2D eigenvalue weighted by Crippen LogP contribution is 2.60. The second-order valence-corrected chi connectivity index (χ2v) is 14.0. The zero-order valence-electron chi connectivity index (χ0n) is 20.3. The number of aryl methyl sites for hydroxylation is 1. The number of alkyl halides is 4. The fourth-order valence-electron chi connectivity index (χ4n) is 6.07. The Kier molecular flexibility index (Phi) is 7.06. The number of carbonyl (C=O) groups is 1. The Hall–Kier alpha value is -2.38. The monoisotopic (exact) mass is 579 g/mol. The smallest absolute Gasteiger partial charge is 0.299 e. The number of hydrogen-bond donors (Lipinski definition) is 1. The quantitative estimate of drug-likeness (QED) is 0.385. The topological polar surface area (TPSA) is 111 Å². The van der Waals surface area contributed by atoms with E-state index in [1.54, 1.807) is 0 Å². The Morgan fingerprint density at radius 1 is 1.03 bits per heavy atom. The summed E-state index contributed by atoms with van der Waals surface area (Å²) in [5.74, 6) is -3.49. The van der Waals surface area contributed by atoms with Gasteiger partial charge in [-0.2, -0.15) is 13.2 Å². The van der Waals surface area contributed by atoms with E-state index in [-0.39, 0.29) is 48.1 Å². The van der Waals surface area contributed by atoms with Gasteiger partial charge in [0.15, 0.2) is 9.84 Å². The van der Waals surface area contributed by atoms with Crippen molar-refractivity contribution in [3.8, 4) is 0 Å². The number of carbonyl (C=O) groups excluding carboxylic acids is 1. The van der Waals surface area contributed by atoms with Gasteiger partial charge < -0.3 is 0 Å². The minimum atomic E-state index is -5.20. The number of nitrogens with two attached hydrogens (primary N) is 1. The Morgan fingerprint density at radius 2 is 1.66 bits per heavy atom. The number of sulfone groups is 1. The van der Waals surface area contributed by atoms with Crippen LogP contribution in [-0.2, 0) is 41.5 Å². The number of hydrogen-bond acceptors (Lipinski definition) is 5. The van der Waals surface area contributed by atoms with Gasteiger partial charge in [-0.05, 0) is 85.4 Å². The van der Waals surface area contributed by atoms with Crippen molar-refractivity contribution in [1.82, 2.24) is 0 Å². The summed E-state index contributed by atoms with van der Waals surface area (Å²) < 4.78 is 118. The van der Waals surface area contributed by atoms with Crippen LogP contribution >= 0.6 is 0 Å². The number of sulfonamides is 1. The van der Waals surface area contributed by atoms with Crippen LogP contribution in [0.4, 0.5) is 22.0 Å². The van der Waals surface area contributed by atoms with E-state index in [9.17, 15) is 43.6 Å². The van der Waals surface area contributed by atoms with E-state index >= 15 is 0 Å². The molecule has 2 aromatic carbocycles. The van der Waals surface area contributed by atoms with Crippen LogP contribution in [0.3, 0.4) is 0 Å². The van der Waals surface area contributed by atoms with Gasteiger partial charge in [-0.25, -0.2) is 30.8 Å². The largest absolute Gasteiger partial charge is 0.426 e. The average Bonchev–Trinajstić information content (AvgIpc) is 3.17. The summed E-state index contributed by atoms with van der Waals surface area (Å²) in [6, 6.07) is 7.32. The van der Waals surface area contributed by atoms with Crippen molar-refractivity contribution in [2.75, 3.05) is 5.75 Å². The van der Waals surface area contributed by atoms with Crippen molar-refractivity contribution in [1.29, 1.82) is 0 Å². The van der Waals surface area contributed by atoms with Gasteiger partial charge in [0.05, 0.1) is 4.90 Å². The summed E-state index contributed by atoms with van der Waals surface area (Å²) in [7, 11) is -8.40. The van der Waals surface area contributed by atoms with Crippen LogP contribution in [0, 0.1) is 17.7 Å². The molecule has 0 radical (unpaired) electrons. The van der Waals surface area contributed by atoms with Crippen molar-refractivity contribution in [3.63, 3.8) is 0 Å². The van der Waals surface area contributed by atoms with Gasteiger partial charge in [-0.3, -0.25) is 4.79 Å². The number of primary sulfonamides is 1. The molecule has 2 aliphatic rings. The van der Waals surface area contributed by atoms with Crippen LogP contribution in [-0.4, -0.2) is 34.5 Å². The minimum absolute atomic E-state index is 0.0107. The normalized spacial score (nSPS) is 25.3. The number of fused-ring (bicyclic) bond motifs is 3. The molecule has 208 valence electrons. The molecule has 2 aliphatic carbocycles. The van der Waals surface area contributed by atoms with Gasteiger partial charge in [-0.15, -0.1) is 0 Å². The third kappa shape index (κ3) is 4.77. The van der Waals surface area contributed by atoms with Gasteiger partial charge >= 0.3 is 6.18 Å². The third-order valence-electron chi connectivity index (χ3n) is 7.87. The lowest BCUT2D eigenvalue weighted by Crippen LogP contribution is -2.45. The molecule has 0 saturated heterocycles. The van der Waals surface area contributed by atoms with Gasteiger partial charge in [0.2, 0.25) is 15.7 Å². The molecule has 4 rings (SSSR count). The predicted octanol–water partition coefficient (Wildman–Crippen LogP) is 4.46.